The van der Waals surface area contributed by atoms with E-state index in [4.69, 9.17) is 5.73 Å². The largest absolute Gasteiger partial charge is 0.398 e. The highest BCUT2D eigenvalue weighted by molar-refractivity contribution is 5.99. The number of anilines is 1. The molecular weight excluding hydrogens is 252 g/mol. The lowest BCUT2D eigenvalue weighted by molar-refractivity contribution is 0.0792. The number of carbonyl (C=O) groups excluding carboxylic acids is 1. The van der Waals surface area contributed by atoms with E-state index in [-0.39, 0.29) is 5.91 Å². The molecule has 1 atom stereocenters. The number of nitrogens with zero attached hydrogens (tertiary/aromatic N) is 3. The van der Waals surface area contributed by atoms with Crippen LogP contribution < -0.4 is 5.73 Å². The molecule has 0 aliphatic carbocycles. The van der Waals surface area contributed by atoms with E-state index in [2.05, 4.69) is 5.10 Å². The first-order valence-electron chi connectivity index (χ1n) is 6.77. The zero-order valence-electron chi connectivity index (χ0n) is 11.5. The topological polar surface area (TPSA) is 64.2 Å². The Morgan fingerprint density at radius 3 is 2.90 bits per heavy atom. The molecule has 20 heavy (non-hydrogen) atoms. The predicted molar refractivity (Wildman–Crippen MR) is 77.3 cm³/mol. The van der Waals surface area contributed by atoms with Crippen LogP contribution in [0.5, 0.6) is 0 Å². The summed E-state index contributed by atoms with van der Waals surface area (Å²) in [7, 11) is 1.91. The van der Waals surface area contributed by atoms with E-state index in [9.17, 15) is 4.79 Å². The van der Waals surface area contributed by atoms with Gasteiger partial charge in [0.05, 0.1) is 11.8 Å². The van der Waals surface area contributed by atoms with Gasteiger partial charge in [-0.2, -0.15) is 5.10 Å². The number of hydrogen-bond acceptors (Lipinski definition) is 3. The molecule has 1 amide bonds. The number of hydrogen-bond donors (Lipinski definition) is 1. The molecular formula is C15H18N4O. The Morgan fingerprint density at radius 1 is 1.40 bits per heavy atom. The number of rotatable bonds is 2. The summed E-state index contributed by atoms with van der Waals surface area (Å²) in [6.45, 7) is 1.51. The van der Waals surface area contributed by atoms with Crippen molar-refractivity contribution in [2.45, 2.75) is 12.3 Å². The third kappa shape index (κ3) is 2.27. The van der Waals surface area contributed by atoms with Gasteiger partial charge in [0.2, 0.25) is 0 Å². The Morgan fingerprint density at radius 2 is 2.20 bits per heavy atom. The highest BCUT2D eigenvalue weighted by atomic mass is 16.2. The van der Waals surface area contributed by atoms with Crippen molar-refractivity contribution in [2.75, 3.05) is 18.8 Å². The van der Waals surface area contributed by atoms with Crippen LogP contribution in [0.4, 0.5) is 5.69 Å². The SMILES string of the molecule is Cn1cc(C2CCN(C(=O)c3ccccc3N)C2)cn1. The zero-order chi connectivity index (χ0) is 14.1. The number of nitrogens with two attached hydrogens (primary N) is 1. The summed E-state index contributed by atoms with van der Waals surface area (Å²) in [4.78, 5) is 14.4. The van der Waals surface area contributed by atoms with Crippen LogP contribution in [0, 0.1) is 0 Å². The monoisotopic (exact) mass is 270 g/mol. The van der Waals surface area contributed by atoms with Crippen LogP contribution in [0.3, 0.4) is 0 Å². The highest BCUT2D eigenvalue weighted by Gasteiger charge is 2.29. The van der Waals surface area contributed by atoms with Crippen LogP contribution in [0.15, 0.2) is 36.7 Å². The Balaban J connectivity index is 1.74. The van der Waals surface area contributed by atoms with E-state index in [1.807, 2.05) is 36.5 Å². The van der Waals surface area contributed by atoms with Crippen molar-refractivity contribution in [3.05, 3.63) is 47.8 Å². The third-order valence-electron chi connectivity index (χ3n) is 3.86. The first-order chi connectivity index (χ1) is 9.65. The average molecular weight is 270 g/mol. The van der Waals surface area contributed by atoms with Gasteiger partial charge in [-0.15, -0.1) is 0 Å². The maximum Gasteiger partial charge on any atom is 0.255 e. The molecule has 5 heteroatoms. The van der Waals surface area contributed by atoms with Crippen LogP contribution in [0.25, 0.3) is 0 Å². The van der Waals surface area contributed by atoms with Crippen LogP contribution in [-0.2, 0) is 7.05 Å². The van der Waals surface area contributed by atoms with Gasteiger partial charge < -0.3 is 10.6 Å². The summed E-state index contributed by atoms with van der Waals surface area (Å²) in [6, 6.07) is 7.24. The second kappa shape index (κ2) is 5.00. The number of carbonyl (C=O) groups is 1. The number of para-hydroxylation sites is 1. The summed E-state index contributed by atoms with van der Waals surface area (Å²) in [5, 5.41) is 4.20. The van der Waals surface area contributed by atoms with Gasteiger partial charge in [0.1, 0.15) is 0 Å². The molecule has 3 rings (SSSR count). The molecule has 104 valence electrons. The number of amides is 1. The molecule has 0 saturated carbocycles. The molecule has 2 aromatic rings. The van der Waals surface area contributed by atoms with Crippen molar-refractivity contribution in [1.82, 2.24) is 14.7 Å². The minimum Gasteiger partial charge on any atom is -0.398 e. The highest BCUT2D eigenvalue weighted by Crippen LogP contribution is 2.28. The Labute approximate surface area is 118 Å². The second-order valence-corrected chi connectivity index (χ2v) is 5.27. The summed E-state index contributed by atoms with van der Waals surface area (Å²) in [5.74, 6) is 0.395. The lowest BCUT2D eigenvalue weighted by Gasteiger charge is -2.17. The quantitative estimate of drug-likeness (QED) is 0.844. The molecule has 1 saturated heterocycles. The first kappa shape index (κ1) is 12.7. The number of benzene rings is 1. The van der Waals surface area contributed by atoms with Crippen LogP contribution >= 0.6 is 0 Å². The molecule has 0 spiro atoms. The van der Waals surface area contributed by atoms with E-state index in [0.29, 0.717) is 17.2 Å². The van der Waals surface area contributed by atoms with Gasteiger partial charge in [0.25, 0.3) is 5.91 Å². The van der Waals surface area contributed by atoms with Gasteiger partial charge in [-0.25, -0.2) is 0 Å². The van der Waals surface area contributed by atoms with Gasteiger partial charge in [0.15, 0.2) is 0 Å². The fourth-order valence-corrected chi connectivity index (χ4v) is 2.73. The van der Waals surface area contributed by atoms with E-state index >= 15 is 0 Å². The van der Waals surface area contributed by atoms with E-state index < -0.39 is 0 Å². The van der Waals surface area contributed by atoms with E-state index in [0.717, 1.165) is 19.5 Å². The van der Waals surface area contributed by atoms with E-state index in [1.165, 1.54) is 5.56 Å². The molecule has 1 unspecified atom stereocenters. The fourth-order valence-electron chi connectivity index (χ4n) is 2.73. The molecule has 0 radical (unpaired) electrons. The minimum atomic E-state index is 0.0227. The molecule has 1 aliphatic rings. The van der Waals surface area contributed by atoms with Crippen LogP contribution in [-0.4, -0.2) is 33.7 Å². The average Bonchev–Trinajstić information content (AvgIpc) is 3.07. The van der Waals surface area contributed by atoms with Gasteiger partial charge >= 0.3 is 0 Å². The summed E-state index contributed by atoms with van der Waals surface area (Å²) < 4.78 is 1.80. The second-order valence-electron chi connectivity index (χ2n) is 5.27. The molecule has 1 aliphatic heterocycles. The molecule has 1 aromatic carbocycles. The van der Waals surface area contributed by atoms with Crippen molar-refractivity contribution in [2.24, 2.45) is 7.05 Å². The Kier molecular flexibility index (Phi) is 3.18. The van der Waals surface area contributed by atoms with Crippen LogP contribution in [0.2, 0.25) is 0 Å². The van der Waals surface area contributed by atoms with Crippen molar-refractivity contribution < 1.29 is 4.79 Å². The molecule has 2 heterocycles. The summed E-state index contributed by atoms with van der Waals surface area (Å²) in [5.41, 5.74) is 8.22. The zero-order valence-corrected chi connectivity index (χ0v) is 11.5. The lowest BCUT2D eigenvalue weighted by Crippen LogP contribution is -2.29. The smallest absolute Gasteiger partial charge is 0.255 e. The number of aromatic nitrogens is 2. The Bertz CT molecular complexity index is 634. The van der Waals surface area contributed by atoms with Crippen molar-refractivity contribution >= 4 is 11.6 Å². The van der Waals surface area contributed by atoms with Gasteiger partial charge in [0, 0.05) is 37.9 Å². The van der Waals surface area contributed by atoms with Crippen molar-refractivity contribution in [1.29, 1.82) is 0 Å². The fraction of sp³-hybridized carbons (Fsp3) is 0.333. The summed E-state index contributed by atoms with van der Waals surface area (Å²) in [6.07, 6.45) is 4.88. The maximum absolute atomic E-state index is 12.5. The Hall–Kier alpha value is -2.30. The predicted octanol–water partition coefficient (Wildman–Crippen LogP) is 1.63. The molecule has 1 aromatic heterocycles. The van der Waals surface area contributed by atoms with Gasteiger partial charge in [-0.1, -0.05) is 12.1 Å². The normalized spacial score (nSPS) is 18.4. The van der Waals surface area contributed by atoms with Crippen molar-refractivity contribution in [3.8, 4) is 0 Å². The van der Waals surface area contributed by atoms with Gasteiger partial charge in [-0.3, -0.25) is 9.48 Å². The molecule has 2 N–H and O–H groups in total. The standard InChI is InChI=1S/C15H18N4O/c1-18-9-12(8-17-18)11-6-7-19(10-11)15(20)13-4-2-3-5-14(13)16/h2-5,8-9,11H,6-7,10,16H2,1H3. The molecule has 0 bridgehead atoms. The summed E-state index contributed by atoms with van der Waals surface area (Å²) >= 11 is 0. The van der Waals surface area contributed by atoms with Crippen molar-refractivity contribution in [3.63, 3.8) is 0 Å². The number of likely N-dealkylation sites (tertiary alicyclic amines) is 1. The first-order valence-corrected chi connectivity index (χ1v) is 6.77. The van der Waals surface area contributed by atoms with Crippen LogP contribution in [0.1, 0.15) is 28.3 Å². The number of aryl methyl sites for hydroxylation is 1. The van der Waals surface area contributed by atoms with E-state index in [1.54, 1.807) is 16.8 Å². The molecule has 1 fully saturated rings. The van der Waals surface area contributed by atoms with Gasteiger partial charge in [-0.05, 0) is 24.1 Å². The maximum atomic E-state index is 12.5. The minimum absolute atomic E-state index is 0.0227. The third-order valence-corrected chi connectivity index (χ3v) is 3.86. The molecule has 5 nitrogen and oxygen atoms in total. The lowest BCUT2D eigenvalue weighted by atomic mass is 10.0. The number of nitrogen functional groups attached to an aromatic ring is 1.